The summed E-state index contributed by atoms with van der Waals surface area (Å²) in [6.45, 7) is 17.8. The summed E-state index contributed by atoms with van der Waals surface area (Å²) >= 11 is 0. The van der Waals surface area contributed by atoms with Gasteiger partial charge in [0, 0.05) is 0 Å². The van der Waals surface area contributed by atoms with Gasteiger partial charge in [0.1, 0.15) is 5.60 Å². The van der Waals surface area contributed by atoms with Crippen LogP contribution in [0.5, 0.6) is 0 Å². The molecule has 0 aliphatic heterocycles. The van der Waals surface area contributed by atoms with Crippen molar-refractivity contribution in [2.75, 3.05) is 0 Å². The molecule has 0 radical (unpaired) electrons. The summed E-state index contributed by atoms with van der Waals surface area (Å²) in [7, 11) is 0. The second-order valence-corrected chi connectivity index (χ2v) is 10.8. The Balaban J connectivity index is 2.99. The molecule has 0 bridgehead atoms. The fourth-order valence-electron chi connectivity index (χ4n) is 4.33. The lowest BCUT2D eigenvalue weighted by Crippen LogP contribution is -2.44. The van der Waals surface area contributed by atoms with Crippen molar-refractivity contribution in [3.63, 3.8) is 0 Å². The fraction of sp³-hybridized carbons (Fsp3) is 0.958. The van der Waals surface area contributed by atoms with Gasteiger partial charge in [-0.2, -0.15) is 0 Å². The lowest BCUT2D eigenvalue weighted by atomic mass is 9.70. The highest BCUT2D eigenvalue weighted by atomic mass is 16.6. The van der Waals surface area contributed by atoms with E-state index in [9.17, 15) is 4.79 Å². The van der Waals surface area contributed by atoms with E-state index in [1.807, 2.05) is 0 Å². The van der Waals surface area contributed by atoms with Crippen LogP contribution in [0.2, 0.25) is 0 Å². The lowest BCUT2D eigenvalue weighted by Gasteiger charge is -2.41. The third-order valence-corrected chi connectivity index (χ3v) is 6.87. The predicted molar refractivity (Wildman–Crippen MR) is 112 cm³/mol. The molecular formula is C24H46O2. The first-order chi connectivity index (χ1) is 11.9. The van der Waals surface area contributed by atoms with Crippen molar-refractivity contribution in [3.05, 3.63) is 0 Å². The first-order valence-electron chi connectivity index (χ1n) is 11.2. The molecule has 1 fully saturated rings. The maximum absolute atomic E-state index is 13.4. The minimum atomic E-state index is -0.275. The van der Waals surface area contributed by atoms with Crippen molar-refractivity contribution < 1.29 is 9.53 Å². The zero-order valence-electron chi connectivity index (χ0n) is 19.0. The zero-order valence-corrected chi connectivity index (χ0v) is 19.0. The topological polar surface area (TPSA) is 26.3 Å². The minimum Gasteiger partial charge on any atom is -0.459 e. The third kappa shape index (κ3) is 6.89. The van der Waals surface area contributed by atoms with Crippen molar-refractivity contribution in [3.8, 4) is 0 Å². The average Bonchev–Trinajstić information content (AvgIpc) is 2.71. The maximum Gasteiger partial charge on any atom is 0.310 e. The van der Waals surface area contributed by atoms with Crippen molar-refractivity contribution in [2.24, 2.45) is 22.7 Å². The second-order valence-electron chi connectivity index (χ2n) is 10.8. The molecule has 3 unspecified atom stereocenters. The second kappa shape index (κ2) is 9.60. The standard InChI is InChI=1S/C24H46O2/c1-9-11-15-19-16-13-12-14-17-24(19,8)26-21(25)20(22(3,4)5)18-23(6,7)10-2/h19-20H,9-18H2,1-8H3. The first-order valence-corrected chi connectivity index (χ1v) is 11.2. The largest absolute Gasteiger partial charge is 0.459 e. The summed E-state index contributed by atoms with van der Waals surface area (Å²) in [6, 6.07) is 0. The van der Waals surface area contributed by atoms with Crippen molar-refractivity contribution >= 4 is 5.97 Å². The van der Waals surface area contributed by atoms with E-state index >= 15 is 0 Å². The highest BCUT2D eigenvalue weighted by Crippen LogP contribution is 2.43. The Labute approximate surface area is 163 Å². The molecular weight excluding hydrogens is 320 g/mol. The van der Waals surface area contributed by atoms with E-state index in [1.165, 1.54) is 44.9 Å². The Kier molecular flexibility index (Phi) is 8.68. The van der Waals surface area contributed by atoms with Crippen LogP contribution in [0.4, 0.5) is 0 Å². The molecule has 0 saturated heterocycles. The van der Waals surface area contributed by atoms with E-state index in [0.717, 1.165) is 19.3 Å². The number of esters is 1. The normalized spacial score (nSPS) is 26.2. The molecule has 0 aromatic heterocycles. The number of hydrogen-bond acceptors (Lipinski definition) is 2. The van der Waals surface area contributed by atoms with Crippen molar-refractivity contribution in [2.45, 2.75) is 125 Å². The number of rotatable bonds is 8. The van der Waals surface area contributed by atoms with E-state index in [0.29, 0.717) is 5.92 Å². The van der Waals surface area contributed by atoms with Gasteiger partial charge >= 0.3 is 5.97 Å². The Morgan fingerprint density at radius 1 is 1.12 bits per heavy atom. The highest BCUT2D eigenvalue weighted by molar-refractivity contribution is 5.74. The number of ether oxygens (including phenoxy) is 1. The molecule has 2 nitrogen and oxygen atoms in total. The molecule has 0 amide bonds. The van der Waals surface area contributed by atoms with Gasteiger partial charge in [-0.05, 0) is 55.8 Å². The van der Waals surface area contributed by atoms with Crippen LogP contribution in [-0.2, 0) is 9.53 Å². The Hall–Kier alpha value is -0.530. The van der Waals surface area contributed by atoms with Crippen LogP contribution < -0.4 is 0 Å². The van der Waals surface area contributed by atoms with Crippen LogP contribution in [-0.4, -0.2) is 11.6 Å². The van der Waals surface area contributed by atoms with Gasteiger partial charge in [0.25, 0.3) is 0 Å². The maximum atomic E-state index is 13.4. The van der Waals surface area contributed by atoms with Crippen LogP contribution in [0.1, 0.15) is 120 Å². The molecule has 26 heavy (non-hydrogen) atoms. The molecule has 1 aliphatic rings. The van der Waals surface area contributed by atoms with Gasteiger partial charge in [0.2, 0.25) is 0 Å². The average molecular weight is 367 g/mol. The van der Waals surface area contributed by atoms with Crippen LogP contribution in [0, 0.1) is 22.7 Å². The molecule has 2 heteroatoms. The van der Waals surface area contributed by atoms with E-state index in [2.05, 4.69) is 55.4 Å². The third-order valence-electron chi connectivity index (χ3n) is 6.87. The van der Waals surface area contributed by atoms with Gasteiger partial charge in [-0.1, -0.05) is 80.6 Å². The Morgan fingerprint density at radius 3 is 2.31 bits per heavy atom. The van der Waals surface area contributed by atoms with Gasteiger partial charge < -0.3 is 4.74 Å². The molecule has 0 aromatic carbocycles. The molecule has 3 atom stereocenters. The van der Waals surface area contributed by atoms with E-state index in [1.54, 1.807) is 0 Å². The number of carbonyl (C=O) groups is 1. The molecule has 1 saturated carbocycles. The quantitative estimate of drug-likeness (QED) is 0.327. The Bertz CT molecular complexity index is 432. The van der Waals surface area contributed by atoms with E-state index in [4.69, 9.17) is 4.74 Å². The molecule has 0 heterocycles. The van der Waals surface area contributed by atoms with Crippen molar-refractivity contribution in [1.82, 2.24) is 0 Å². The van der Waals surface area contributed by atoms with Crippen LogP contribution in [0.15, 0.2) is 0 Å². The van der Waals surface area contributed by atoms with Gasteiger partial charge in [0.05, 0.1) is 5.92 Å². The SMILES string of the molecule is CCCCC1CCCCCC1(C)OC(=O)C(CC(C)(C)CC)C(C)(C)C. The summed E-state index contributed by atoms with van der Waals surface area (Å²) in [5, 5.41) is 0. The lowest BCUT2D eigenvalue weighted by molar-refractivity contribution is -0.176. The molecule has 1 rings (SSSR count). The molecule has 0 aromatic rings. The van der Waals surface area contributed by atoms with E-state index in [-0.39, 0.29) is 28.3 Å². The molecule has 0 spiro atoms. The van der Waals surface area contributed by atoms with Crippen LogP contribution >= 0.6 is 0 Å². The number of carbonyl (C=O) groups excluding carboxylic acids is 1. The van der Waals surface area contributed by atoms with Crippen LogP contribution in [0.3, 0.4) is 0 Å². The summed E-state index contributed by atoms with van der Waals surface area (Å²) in [6.07, 6.45) is 11.6. The monoisotopic (exact) mass is 366 g/mol. The van der Waals surface area contributed by atoms with Gasteiger partial charge in [0.15, 0.2) is 0 Å². The summed E-state index contributed by atoms with van der Waals surface area (Å²) in [5.74, 6) is 0.531. The summed E-state index contributed by atoms with van der Waals surface area (Å²) in [5.41, 5.74) is -0.172. The smallest absolute Gasteiger partial charge is 0.310 e. The summed E-state index contributed by atoms with van der Waals surface area (Å²) < 4.78 is 6.41. The number of unbranched alkanes of at least 4 members (excludes halogenated alkanes) is 1. The fourth-order valence-corrected chi connectivity index (χ4v) is 4.33. The van der Waals surface area contributed by atoms with Gasteiger partial charge in [-0.3, -0.25) is 4.79 Å². The Morgan fingerprint density at radius 2 is 1.77 bits per heavy atom. The predicted octanol–water partition coefficient (Wildman–Crippen LogP) is 7.55. The zero-order chi connectivity index (χ0) is 20.0. The first kappa shape index (κ1) is 23.5. The summed E-state index contributed by atoms with van der Waals surface area (Å²) in [4.78, 5) is 13.4. The van der Waals surface area contributed by atoms with E-state index < -0.39 is 0 Å². The van der Waals surface area contributed by atoms with Crippen LogP contribution in [0.25, 0.3) is 0 Å². The van der Waals surface area contributed by atoms with Gasteiger partial charge in [-0.25, -0.2) is 0 Å². The molecule has 1 aliphatic carbocycles. The molecule has 0 N–H and O–H groups in total. The number of hydrogen-bond donors (Lipinski definition) is 0. The highest BCUT2D eigenvalue weighted by Gasteiger charge is 2.43. The minimum absolute atomic E-state index is 0.0376. The van der Waals surface area contributed by atoms with Gasteiger partial charge in [-0.15, -0.1) is 0 Å². The van der Waals surface area contributed by atoms with Crippen molar-refractivity contribution in [1.29, 1.82) is 0 Å². The molecule has 154 valence electrons.